The van der Waals surface area contributed by atoms with Crippen LogP contribution in [0, 0.1) is 5.92 Å². The summed E-state index contributed by atoms with van der Waals surface area (Å²) < 4.78 is 5.37. The van der Waals surface area contributed by atoms with E-state index in [4.69, 9.17) is 16.1 Å². The van der Waals surface area contributed by atoms with Gasteiger partial charge in [0.2, 0.25) is 11.7 Å². The Morgan fingerprint density at radius 3 is 2.86 bits per heavy atom. The molecule has 1 N–H and O–H groups in total. The van der Waals surface area contributed by atoms with Crippen LogP contribution in [0.25, 0.3) is 11.5 Å². The van der Waals surface area contributed by atoms with Crippen LogP contribution in [0.15, 0.2) is 22.9 Å². The van der Waals surface area contributed by atoms with Gasteiger partial charge in [-0.15, -0.1) is 0 Å². The van der Waals surface area contributed by atoms with Crippen LogP contribution < -0.4 is 5.32 Å². The van der Waals surface area contributed by atoms with Crippen molar-refractivity contribution in [3.63, 3.8) is 0 Å². The maximum atomic E-state index is 5.83. The minimum atomic E-state index is 0.402. The van der Waals surface area contributed by atoms with E-state index in [1.807, 2.05) is 7.05 Å². The molecule has 5 nitrogen and oxygen atoms in total. The second-order valence-electron chi connectivity index (χ2n) is 5.52. The Hall–Kier alpha value is -1.46. The first kappa shape index (κ1) is 14.5. The first-order valence-corrected chi connectivity index (χ1v) is 7.76. The van der Waals surface area contributed by atoms with E-state index in [1.165, 1.54) is 25.7 Å². The van der Waals surface area contributed by atoms with Crippen LogP contribution in [0.4, 0.5) is 0 Å². The standard InChI is InChI=1S/C15H19ClN4O/c1-17-13(10-4-2-3-5-10)8-14-19-15(20-21-14)12-7-6-11(16)9-18-12/h6-7,9-10,13,17H,2-5,8H2,1H3. The zero-order chi connectivity index (χ0) is 14.7. The predicted molar refractivity (Wildman–Crippen MR) is 81.0 cm³/mol. The van der Waals surface area contributed by atoms with Gasteiger partial charge in [0.25, 0.3) is 0 Å². The Morgan fingerprint density at radius 1 is 1.38 bits per heavy atom. The summed E-state index contributed by atoms with van der Waals surface area (Å²) in [6.45, 7) is 0. The van der Waals surface area contributed by atoms with Gasteiger partial charge in [0, 0.05) is 18.7 Å². The van der Waals surface area contributed by atoms with Gasteiger partial charge in [0.15, 0.2) is 0 Å². The van der Waals surface area contributed by atoms with Crippen molar-refractivity contribution in [1.29, 1.82) is 0 Å². The number of hydrogen-bond donors (Lipinski definition) is 1. The summed E-state index contributed by atoms with van der Waals surface area (Å²) >= 11 is 5.83. The van der Waals surface area contributed by atoms with E-state index in [0.717, 1.165) is 6.42 Å². The quantitative estimate of drug-likeness (QED) is 0.919. The lowest BCUT2D eigenvalue weighted by molar-refractivity contribution is 0.318. The minimum absolute atomic E-state index is 0.402. The second kappa shape index (κ2) is 6.54. The Bertz CT molecular complexity index is 578. The van der Waals surface area contributed by atoms with Gasteiger partial charge in [0.05, 0.1) is 5.02 Å². The first-order chi connectivity index (χ1) is 10.3. The van der Waals surface area contributed by atoms with Gasteiger partial charge >= 0.3 is 0 Å². The molecule has 0 bridgehead atoms. The third-order valence-electron chi connectivity index (χ3n) is 4.16. The molecule has 0 amide bonds. The lowest BCUT2D eigenvalue weighted by Crippen LogP contribution is -2.34. The number of rotatable bonds is 5. The maximum Gasteiger partial charge on any atom is 0.228 e. The summed E-state index contributed by atoms with van der Waals surface area (Å²) in [4.78, 5) is 8.65. The van der Waals surface area contributed by atoms with Crippen molar-refractivity contribution in [2.24, 2.45) is 5.92 Å². The molecule has 0 saturated heterocycles. The molecular formula is C15H19ClN4O. The molecule has 21 heavy (non-hydrogen) atoms. The van der Waals surface area contributed by atoms with Crippen LogP contribution in [0.1, 0.15) is 31.6 Å². The van der Waals surface area contributed by atoms with Crippen molar-refractivity contribution < 1.29 is 4.52 Å². The van der Waals surface area contributed by atoms with Gasteiger partial charge < -0.3 is 9.84 Å². The van der Waals surface area contributed by atoms with Crippen LogP contribution in [-0.2, 0) is 6.42 Å². The average molecular weight is 307 g/mol. The van der Waals surface area contributed by atoms with E-state index in [2.05, 4.69) is 20.4 Å². The topological polar surface area (TPSA) is 63.8 Å². The fraction of sp³-hybridized carbons (Fsp3) is 0.533. The lowest BCUT2D eigenvalue weighted by Gasteiger charge is -2.20. The van der Waals surface area contributed by atoms with E-state index in [9.17, 15) is 0 Å². The highest BCUT2D eigenvalue weighted by molar-refractivity contribution is 6.30. The molecule has 1 saturated carbocycles. The third-order valence-corrected chi connectivity index (χ3v) is 4.38. The van der Waals surface area contributed by atoms with E-state index < -0.39 is 0 Å². The number of pyridine rings is 1. The molecule has 112 valence electrons. The van der Waals surface area contributed by atoms with Gasteiger partial charge in [-0.2, -0.15) is 4.98 Å². The van der Waals surface area contributed by atoms with Gasteiger partial charge in [-0.25, -0.2) is 0 Å². The third kappa shape index (κ3) is 3.41. The number of nitrogens with zero attached hydrogens (tertiary/aromatic N) is 3. The number of halogens is 1. The Labute approximate surface area is 129 Å². The lowest BCUT2D eigenvalue weighted by atomic mass is 9.95. The molecule has 0 aliphatic heterocycles. The molecule has 2 aromatic rings. The monoisotopic (exact) mass is 306 g/mol. The summed E-state index contributed by atoms with van der Waals surface area (Å²) in [5.41, 5.74) is 0.677. The van der Waals surface area contributed by atoms with Crippen LogP contribution in [-0.4, -0.2) is 28.2 Å². The van der Waals surface area contributed by atoms with Gasteiger partial charge in [-0.3, -0.25) is 4.98 Å². The average Bonchev–Trinajstić information content (AvgIpc) is 3.17. The summed E-state index contributed by atoms with van der Waals surface area (Å²) in [6, 6.07) is 3.97. The Kier molecular flexibility index (Phi) is 4.51. The highest BCUT2D eigenvalue weighted by Gasteiger charge is 2.25. The zero-order valence-corrected chi connectivity index (χ0v) is 12.8. The molecule has 1 atom stereocenters. The fourth-order valence-corrected chi connectivity index (χ4v) is 3.11. The minimum Gasteiger partial charge on any atom is -0.339 e. The molecule has 0 radical (unpaired) electrons. The van der Waals surface area contributed by atoms with Crippen LogP contribution in [0.3, 0.4) is 0 Å². The first-order valence-electron chi connectivity index (χ1n) is 7.38. The Balaban J connectivity index is 1.70. The molecule has 1 fully saturated rings. The summed E-state index contributed by atoms with van der Waals surface area (Å²) in [7, 11) is 2.00. The highest BCUT2D eigenvalue weighted by atomic mass is 35.5. The summed E-state index contributed by atoms with van der Waals surface area (Å²) in [5, 5.41) is 7.99. The fourth-order valence-electron chi connectivity index (χ4n) is 3.00. The number of nitrogens with one attached hydrogen (secondary N) is 1. The van der Waals surface area contributed by atoms with Crippen molar-refractivity contribution in [3.8, 4) is 11.5 Å². The van der Waals surface area contributed by atoms with E-state index in [0.29, 0.717) is 34.4 Å². The summed E-state index contributed by atoms with van der Waals surface area (Å²) in [6.07, 6.45) is 7.57. The van der Waals surface area contributed by atoms with Crippen LogP contribution in [0.2, 0.25) is 5.02 Å². The predicted octanol–water partition coefficient (Wildman–Crippen LogP) is 3.11. The van der Waals surface area contributed by atoms with Crippen LogP contribution in [0.5, 0.6) is 0 Å². The molecule has 1 aliphatic carbocycles. The molecular weight excluding hydrogens is 288 g/mol. The molecule has 0 aromatic carbocycles. The molecule has 6 heteroatoms. The molecule has 1 aliphatic rings. The normalized spacial score (nSPS) is 17.2. The van der Waals surface area contributed by atoms with Gasteiger partial charge in [-0.05, 0) is 37.9 Å². The molecule has 2 aromatic heterocycles. The van der Waals surface area contributed by atoms with Gasteiger partial charge in [-0.1, -0.05) is 29.6 Å². The molecule has 2 heterocycles. The molecule has 0 spiro atoms. The SMILES string of the molecule is CNC(Cc1nc(-c2ccc(Cl)cn2)no1)C1CCCC1. The largest absolute Gasteiger partial charge is 0.339 e. The highest BCUT2D eigenvalue weighted by Crippen LogP contribution is 2.29. The van der Waals surface area contributed by atoms with Crippen molar-refractivity contribution in [1.82, 2.24) is 20.4 Å². The van der Waals surface area contributed by atoms with E-state index >= 15 is 0 Å². The zero-order valence-electron chi connectivity index (χ0n) is 12.1. The van der Waals surface area contributed by atoms with Crippen molar-refractivity contribution in [2.45, 2.75) is 38.1 Å². The van der Waals surface area contributed by atoms with Crippen molar-refractivity contribution in [3.05, 3.63) is 29.2 Å². The van der Waals surface area contributed by atoms with E-state index in [-0.39, 0.29) is 0 Å². The van der Waals surface area contributed by atoms with Crippen LogP contribution >= 0.6 is 11.6 Å². The second-order valence-corrected chi connectivity index (χ2v) is 5.95. The molecule has 3 rings (SSSR count). The Morgan fingerprint density at radius 2 is 2.19 bits per heavy atom. The molecule has 1 unspecified atom stereocenters. The maximum absolute atomic E-state index is 5.83. The summed E-state index contributed by atoms with van der Waals surface area (Å²) in [5.74, 6) is 1.88. The smallest absolute Gasteiger partial charge is 0.228 e. The number of likely N-dealkylation sites (N-methyl/N-ethyl adjacent to an activating group) is 1. The van der Waals surface area contributed by atoms with Gasteiger partial charge in [0.1, 0.15) is 5.69 Å². The van der Waals surface area contributed by atoms with Crippen molar-refractivity contribution >= 4 is 11.6 Å². The number of aromatic nitrogens is 3. The number of hydrogen-bond acceptors (Lipinski definition) is 5. The van der Waals surface area contributed by atoms with Crippen molar-refractivity contribution in [2.75, 3.05) is 7.05 Å². The van der Waals surface area contributed by atoms with E-state index in [1.54, 1.807) is 18.3 Å².